The van der Waals surface area contributed by atoms with Gasteiger partial charge in [-0.3, -0.25) is 0 Å². The number of nitrogens with zero attached hydrogens (tertiary/aromatic N) is 1. The van der Waals surface area contributed by atoms with E-state index in [-0.39, 0.29) is 30.7 Å². The molecule has 1 atom stereocenters. The highest BCUT2D eigenvalue weighted by Gasteiger charge is 2.38. The molecule has 1 aromatic carbocycles. The molecule has 30 heavy (non-hydrogen) atoms. The van der Waals surface area contributed by atoms with E-state index in [1.54, 1.807) is 48.6 Å². The van der Waals surface area contributed by atoms with Crippen molar-refractivity contribution >= 4 is 18.2 Å². The molecule has 0 saturated heterocycles. The highest BCUT2D eigenvalue weighted by atomic mass is 16.6. The maximum atomic E-state index is 12.8. The molecule has 1 N–H and O–H groups in total. The number of hydrogen-bond acceptors (Lipinski definition) is 6. The number of likely N-dealkylation sites (N-methyl/N-ethyl adjacent to an activating group) is 1. The van der Waals surface area contributed by atoms with Crippen LogP contribution in [-0.4, -0.2) is 60.5 Å². The summed E-state index contributed by atoms with van der Waals surface area (Å²) < 4.78 is 15.6. The summed E-state index contributed by atoms with van der Waals surface area (Å²) in [5.41, 5.74) is -0.473. The Bertz CT molecular complexity index is 721. The molecule has 0 fully saturated rings. The van der Waals surface area contributed by atoms with Gasteiger partial charge in [0.15, 0.2) is 6.54 Å². The summed E-state index contributed by atoms with van der Waals surface area (Å²) in [6.07, 6.45) is -1.18. The predicted molar refractivity (Wildman–Crippen MR) is 113 cm³/mol. The second-order valence-corrected chi connectivity index (χ2v) is 9.33. The van der Waals surface area contributed by atoms with Crippen LogP contribution in [0.15, 0.2) is 30.3 Å². The lowest BCUT2D eigenvalue weighted by Gasteiger charge is -2.30. The first-order chi connectivity index (χ1) is 13.7. The van der Waals surface area contributed by atoms with Gasteiger partial charge in [0.05, 0.1) is 13.6 Å². The van der Waals surface area contributed by atoms with Crippen molar-refractivity contribution in [2.45, 2.75) is 59.4 Å². The molecule has 0 radical (unpaired) electrons. The molecule has 0 aliphatic rings. The molecular formula is C22H35N2O6+. The van der Waals surface area contributed by atoms with E-state index in [0.717, 1.165) is 5.56 Å². The number of ether oxygens (including phenoxy) is 3. The maximum absolute atomic E-state index is 12.8. The van der Waals surface area contributed by atoms with Crippen LogP contribution in [0.25, 0.3) is 0 Å². The minimum Gasteiger partial charge on any atom is -0.456 e. The van der Waals surface area contributed by atoms with E-state index in [1.807, 2.05) is 30.3 Å². The Balaban J connectivity index is 2.79. The Labute approximate surface area is 179 Å². The molecule has 1 rings (SSSR count). The number of rotatable bonds is 7. The lowest BCUT2D eigenvalue weighted by Crippen LogP contribution is -2.56. The number of hydrogen-bond donors (Lipinski definition) is 1. The van der Waals surface area contributed by atoms with Gasteiger partial charge in [0, 0.05) is 0 Å². The van der Waals surface area contributed by atoms with Crippen LogP contribution in [0.2, 0.25) is 0 Å². The summed E-state index contributed by atoms with van der Waals surface area (Å²) in [4.78, 5) is 37.1. The molecule has 0 heterocycles. The van der Waals surface area contributed by atoms with E-state index in [9.17, 15) is 14.4 Å². The summed E-state index contributed by atoms with van der Waals surface area (Å²) in [5.74, 6) is -0.529. The quantitative estimate of drug-likeness (QED) is 0.409. The zero-order chi connectivity index (χ0) is 23.0. The third kappa shape index (κ3) is 10.2. The molecule has 0 spiro atoms. The minimum atomic E-state index is -0.676. The number of benzene rings is 1. The van der Waals surface area contributed by atoms with E-state index in [2.05, 4.69) is 5.32 Å². The van der Waals surface area contributed by atoms with E-state index < -0.39 is 29.4 Å². The summed E-state index contributed by atoms with van der Waals surface area (Å²) in [5, 5.41) is 2.61. The second-order valence-electron chi connectivity index (χ2n) is 9.33. The van der Waals surface area contributed by atoms with Gasteiger partial charge in [0.2, 0.25) is 0 Å². The van der Waals surface area contributed by atoms with Crippen molar-refractivity contribution in [3.8, 4) is 0 Å². The fraction of sp³-hybridized carbons (Fsp3) is 0.591. The average Bonchev–Trinajstić information content (AvgIpc) is 2.57. The van der Waals surface area contributed by atoms with Gasteiger partial charge in [-0.2, -0.15) is 4.79 Å². The van der Waals surface area contributed by atoms with Gasteiger partial charge in [-0.05, 0) is 47.1 Å². The number of quaternary nitrogens is 1. The number of amides is 2. The maximum Gasteiger partial charge on any atom is 0.516 e. The number of nitrogens with one attached hydrogen (secondary N) is 1. The SMILES string of the molecule is CC(C)(C)OC(=O)C[N+](C)(CCNC(=O)OC(C)(C)C)C(=O)OCc1ccccc1. The van der Waals surface area contributed by atoms with Crippen LogP contribution in [0.4, 0.5) is 9.59 Å². The van der Waals surface area contributed by atoms with E-state index in [0.29, 0.717) is 0 Å². The van der Waals surface area contributed by atoms with Gasteiger partial charge in [-0.25, -0.2) is 14.1 Å². The lowest BCUT2D eigenvalue weighted by atomic mass is 10.2. The third-order valence-corrected chi connectivity index (χ3v) is 3.82. The van der Waals surface area contributed by atoms with Gasteiger partial charge < -0.3 is 19.5 Å². The van der Waals surface area contributed by atoms with Gasteiger partial charge in [0.1, 0.15) is 24.4 Å². The largest absolute Gasteiger partial charge is 0.516 e. The zero-order valence-corrected chi connectivity index (χ0v) is 19.1. The first-order valence-corrected chi connectivity index (χ1v) is 9.95. The highest BCUT2D eigenvalue weighted by molar-refractivity contribution is 5.74. The topological polar surface area (TPSA) is 90.9 Å². The summed E-state index contributed by atoms with van der Waals surface area (Å²) in [6.45, 7) is 10.7. The van der Waals surface area contributed by atoms with Crippen molar-refractivity contribution in [1.29, 1.82) is 0 Å². The van der Waals surface area contributed by atoms with Crippen LogP contribution in [0.5, 0.6) is 0 Å². The number of carbonyl (C=O) groups is 3. The molecule has 2 amide bonds. The first-order valence-electron chi connectivity index (χ1n) is 9.95. The molecule has 0 bridgehead atoms. The molecular weight excluding hydrogens is 388 g/mol. The highest BCUT2D eigenvalue weighted by Crippen LogP contribution is 2.13. The van der Waals surface area contributed by atoms with Gasteiger partial charge in [0.25, 0.3) is 0 Å². The van der Waals surface area contributed by atoms with Crippen LogP contribution in [0.3, 0.4) is 0 Å². The number of alkyl carbamates (subject to hydrolysis) is 1. The molecule has 0 aliphatic heterocycles. The monoisotopic (exact) mass is 423 g/mol. The summed E-state index contributed by atoms with van der Waals surface area (Å²) in [7, 11) is 1.58. The standard InChI is InChI=1S/C22H34N2O6/c1-21(2,3)29-18(25)15-24(7,14-13-23-19(26)30-22(4,5)6)20(27)28-16-17-11-9-8-10-12-17/h8-12H,13-16H2,1-7H3/p+1. The Hall–Kier alpha value is -2.61. The minimum absolute atomic E-state index is 0.0846. The molecule has 168 valence electrons. The third-order valence-electron chi connectivity index (χ3n) is 3.82. The fourth-order valence-corrected chi connectivity index (χ4v) is 2.49. The normalized spacial score (nSPS) is 13.7. The molecule has 8 heteroatoms. The van der Waals surface area contributed by atoms with E-state index >= 15 is 0 Å². The van der Waals surface area contributed by atoms with E-state index in [1.165, 1.54) is 0 Å². The Morgan fingerprint density at radius 2 is 1.50 bits per heavy atom. The van der Waals surface area contributed by atoms with Crippen LogP contribution in [-0.2, 0) is 25.6 Å². The van der Waals surface area contributed by atoms with Crippen molar-refractivity contribution in [3.63, 3.8) is 0 Å². The van der Waals surface area contributed by atoms with Crippen LogP contribution >= 0.6 is 0 Å². The summed E-state index contributed by atoms with van der Waals surface area (Å²) >= 11 is 0. The molecule has 0 aromatic heterocycles. The van der Waals surface area contributed by atoms with Crippen LogP contribution in [0.1, 0.15) is 47.1 Å². The number of carbonyl (C=O) groups excluding carboxylic acids is 3. The molecule has 1 unspecified atom stereocenters. The Morgan fingerprint density at radius 1 is 0.933 bits per heavy atom. The smallest absolute Gasteiger partial charge is 0.456 e. The predicted octanol–water partition coefficient (Wildman–Crippen LogP) is 3.64. The Kier molecular flexibility index (Phi) is 8.84. The molecule has 8 nitrogen and oxygen atoms in total. The molecule has 1 aromatic rings. The van der Waals surface area contributed by atoms with Gasteiger partial charge >= 0.3 is 18.2 Å². The van der Waals surface area contributed by atoms with Crippen LogP contribution < -0.4 is 5.32 Å². The lowest BCUT2D eigenvalue weighted by molar-refractivity contribution is -0.829. The van der Waals surface area contributed by atoms with Crippen molar-refractivity contribution in [2.75, 3.05) is 26.7 Å². The zero-order valence-electron chi connectivity index (χ0n) is 19.1. The van der Waals surface area contributed by atoms with Crippen molar-refractivity contribution in [1.82, 2.24) is 5.32 Å². The Morgan fingerprint density at radius 3 is 2.03 bits per heavy atom. The van der Waals surface area contributed by atoms with Gasteiger partial charge in [-0.1, -0.05) is 30.3 Å². The first kappa shape index (κ1) is 25.4. The average molecular weight is 424 g/mol. The number of esters is 1. The van der Waals surface area contributed by atoms with E-state index in [4.69, 9.17) is 14.2 Å². The second kappa shape index (κ2) is 10.4. The molecule has 0 saturated carbocycles. The summed E-state index contributed by atoms with van der Waals surface area (Å²) in [6, 6.07) is 9.26. The van der Waals surface area contributed by atoms with Gasteiger partial charge in [-0.15, -0.1) is 0 Å². The molecule has 0 aliphatic carbocycles. The van der Waals surface area contributed by atoms with Crippen molar-refractivity contribution < 1.29 is 33.1 Å². The van der Waals surface area contributed by atoms with Crippen LogP contribution in [0, 0.1) is 0 Å². The fourth-order valence-electron chi connectivity index (χ4n) is 2.49. The van der Waals surface area contributed by atoms with Crippen molar-refractivity contribution in [3.05, 3.63) is 35.9 Å². The van der Waals surface area contributed by atoms with Crippen molar-refractivity contribution in [2.24, 2.45) is 0 Å².